The summed E-state index contributed by atoms with van der Waals surface area (Å²) in [7, 11) is 1.88. The van der Waals surface area contributed by atoms with Crippen LogP contribution in [0.1, 0.15) is 57.8 Å². The second-order valence-electron chi connectivity index (χ2n) is 8.68. The van der Waals surface area contributed by atoms with Crippen molar-refractivity contribution in [3.05, 3.63) is 46.9 Å². The third kappa shape index (κ3) is 4.03. The molecule has 172 valence electrons. The Labute approximate surface area is 192 Å². The molecule has 4 heterocycles. The number of ether oxygens (including phenoxy) is 1. The second-order valence-corrected chi connectivity index (χ2v) is 8.68. The third-order valence-corrected chi connectivity index (χ3v) is 6.36. The molecule has 9 nitrogen and oxygen atoms in total. The van der Waals surface area contributed by atoms with Crippen LogP contribution in [-0.4, -0.2) is 69.3 Å². The molecule has 33 heavy (non-hydrogen) atoms. The fraction of sp³-hybridized carbons (Fsp3) is 0.458. The Bertz CT molecular complexity index is 1210. The van der Waals surface area contributed by atoms with Gasteiger partial charge in [0, 0.05) is 51.0 Å². The van der Waals surface area contributed by atoms with Crippen LogP contribution >= 0.6 is 0 Å². The van der Waals surface area contributed by atoms with Gasteiger partial charge in [-0.2, -0.15) is 5.10 Å². The number of piperazine rings is 1. The molecule has 0 spiro atoms. The van der Waals surface area contributed by atoms with E-state index in [2.05, 4.69) is 15.0 Å². The number of aromatic nitrogens is 4. The summed E-state index contributed by atoms with van der Waals surface area (Å²) < 4.78 is 6.79. The predicted octanol–water partition coefficient (Wildman–Crippen LogP) is 2.69. The maximum absolute atomic E-state index is 13.6. The number of aryl methyl sites for hydroxylation is 2. The summed E-state index contributed by atoms with van der Waals surface area (Å²) in [6.07, 6.45) is 3.80. The first kappa shape index (κ1) is 21.4. The Morgan fingerprint density at radius 3 is 2.55 bits per heavy atom. The van der Waals surface area contributed by atoms with Crippen molar-refractivity contribution in [2.24, 2.45) is 7.05 Å². The van der Waals surface area contributed by atoms with Gasteiger partial charge < -0.3 is 14.5 Å². The van der Waals surface area contributed by atoms with Gasteiger partial charge in [-0.25, -0.2) is 14.8 Å². The van der Waals surface area contributed by atoms with Gasteiger partial charge in [0.25, 0.3) is 5.91 Å². The van der Waals surface area contributed by atoms with E-state index in [0.29, 0.717) is 49.8 Å². The van der Waals surface area contributed by atoms with E-state index in [-0.39, 0.29) is 11.9 Å². The molecule has 0 N–H and O–H groups in total. The molecule has 2 fully saturated rings. The van der Waals surface area contributed by atoms with Gasteiger partial charge in [0.2, 0.25) is 0 Å². The van der Waals surface area contributed by atoms with E-state index in [1.807, 2.05) is 31.0 Å². The summed E-state index contributed by atoms with van der Waals surface area (Å²) in [6.45, 7) is 6.59. The topological polar surface area (TPSA) is 93.5 Å². The number of esters is 1. The van der Waals surface area contributed by atoms with E-state index in [9.17, 15) is 9.59 Å². The molecule has 3 aromatic heterocycles. The minimum atomic E-state index is -0.369. The van der Waals surface area contributed by atoms with Gasteiger partial charge in [-0.3, -0.25) is 9.48 Å². The number of hydrogen-bond donors (Lipinski definition) is 0. The van der Waals surface area contributed by atoms with Gasteiger partial charge in [-0.1, -0.05) is 0 Å². The number of rotatable bonds is 5. The van der Waals surface area contributed by atoms with Crippen molar-refractivity contribution in [2.45, 2.75) is 32.6 Å². The molecule has 9 heteroatoms. The van der Waals surface area contributed by atoms with Crippen LogP contribution in [0.15, 0.2) is 24.4 Å². The van der Waals surface area contributed by atoms with Gasteiger partial charge in [0.15, 0.2) is 5.65 Å². The van der Waals surface area contributed by atoms with Crippen molar-refractivity contribution in [3.8, 4) is 0 Å². The quantitative estimate of drug-likeness (QED) is 0.554. The standard InChI is InChI=1S/C24H28N6O3/c1-4-33-24(32)17-7-8-20(25-14-17)29-9-11-30(12-10-29)23(31)18-13-19(16-5-6-16)26-22-21(18)15(2)27-28(22)3/h7-8,13-14,16H,4-6,9-12H2,1-3H3. The average molecular weight is 449 g/mol. The highest BCUT2D eigenvalue weighted by molar-refractivity contribution is 6.06. The number of carbonyl (C=O) groups is 2. The van der Waals surface area contributed by atoms with Crippen molar-refractivity contribution in [1.82, 2.24) is 24.6 Å². The molecular formula is C24H28N6O3. The molecule has 3 aromatic rings. The molecule has 5 rings (SSSR count). The lowest BCUT2D eigenvalue weighted by atomic mass is 10.1. The Morgan fingerprint density at radius 2 is 1.91 bits per heavy atom. The van der Waals surface area contributed by atoms with E-state index in [4.69, 9.17) is 9.72 Å². The molecule has 2 aliphatic rings. The first-order valence-corrected chi connectivity index (χ1v) is 11.5. The van der Waals surface area contributed by atoms with E-state index < -0.39 is 0 Å². The Morgan fingerprint density at radius 1 is 1.15 bits per heavy atom. The van der Waals surface area contributed by atoms with Crippen LogP contribution in [0.5, 0.6) is 0 Å². The zero-order valence-electron chi connectivity index (χ0n) is 19.2. The highest BCUT2D eigenvalue weighted by atomic mass is 16.5. The van der Waals surface area contributed by atoms with Crippen LogP contribution in [0.2, 0.25) is 0 Å². The second kappa shape index (κ2) is 8.46. The molecule has 1 saturated heterocycles. The lowest BCUT2D eigenvalue weighted by Gasteiger charge is -2.35. The van der Waals surface area contributed by atoms with Gasteiger partial charge in [-0.05, 0) is 44.9 Å². The number of hydrogen-bond acceptors (Lipinski definition) is 7. The maximum Gasteiger partial charge on any atom is 0.339 e. The predicted molar refractivity (Wildman–Crippen MR) is 124 cm³/mol. The van der Waals surface area contributed by atoms with Gasteiger partial charge in [-0.15, -0.1) is 0 Å². The normalized spacial score (nSPS) is 16.3. The van der Waals surface area contributed by atoms with E-state index >= 15 is 0 Å². The summed E-state index contributed by atoms with van der Waals surface area (Å²) in [6, 6.07) is 5.55. The monoisotopic (exact) mass is 448 g/mol. The number of carbonyl (C=O) groups excluding carboxylic acids is 2. The summed E-state index contributed by atoms with van der Waals surface area (Å²) in [5, 5.41) is 5.37. The molecular weight excluding hydrogens is 420 g/mol. The van der Waals surface area contributed by atoms with Crippen molar-refractivity contribution >= 4 is 28.7 Å². The molecule has 0 radical (unpaired) electrons. The largest absolute Gasteiger partial charge is 0.462 e. The van der Waals surface area contributed by atoms with E-state index in [1.54, 1.807) is 23.9 Å². The van der Waals surface area contributed by atoms with Crippen LogP contribution in [0.3, 0.4) is 0 Å². The van der Waals surface area contributed by atoms with Crippen LogP contribution < -0.4 is 4.90 Å². The average Bonchev–Trinajstić information content (AvgIpc) is 3.64. The number of pyridine rings is 2. The number of anilines is 1. The molecule has 1 aliphatic carbocycles. The molecule has 1 aliphatic heterocycles. The SMILES string of the molecule is CCOC(=O)c1ccc(N2CCN(C(=O)c3cc(C4CC4)nc4c3c(C)nn4C)CC2)nc1. The van der Waals surface area contributed by atoms with Crippen LogP contribution in [-0.2, 0) is 11.8 Å². The highest BCUT2D eigenvalue weighted by Crippen LogP contribution is 2.40. The summed E-state index contributed by atoms with van der Waals surface area (Å²) in [5.41, 5.74) is 3.76. The van der Waals surface area contributed by atoms with Gasteiger partial charge >= 0.3 is 5.97 Å². The number of nitrogens with zero attached hydrogens (tertiary/aromatic N) is 6. The molecule has 0 aromatic carbocycles. The van der Waals surface area contributed by atoms with Crippen molar-refractivity contribution < 1.29 is 14.3 Å². The van der Waals surface area contributed by atoms with Crippen molar-refractivity contribution in [1.29, 1.82) is 0 Å². The smallest absolute Gasteiger partial charge is 0.339 e. The van der Waals surface area contributed by atoms with E-state index in [0.717, 1.165) is 41.1 Å². The fourth-order valence-corrected chi connectivity index (χ4v) is 4.44. The summed E-state index contributed by atoms with van der Waals surface area (Å²) >= 11 is 0. The minimum absolute atomic E-state index is 0.0330. The molecule has 0 bridgehead atoms. The van der Waals surface area contributed by atoms with Crippen LogP contribution in [0, 0.1) is 6.92 Å². The lowest BCUT2D eigenvalue weighted by molar-refractivity contribution is 0.0525. The van der Waals surface area contributed by atoms with E-state index in [1.165, 1.54) is 0 Å². The van der Waals surface area contributed by atoms with Crippen molar-refractivity contribution in [3.63, 3.8) is 0 Å². The molecule has 1 amide bonds. The lowest BCUT2D eigenvalue weighted by Crippen LogP contribution is -2.49. The summed E-state index contributed by atoms with van der Waals surface area (Å²) in [5.74, 6) is 0.912. The first-order valence-electron chi connectivity index (χ1n) is 11.5. The Hall–Kier alpha value is -3.49. The van der Waals surface area contributed by atoms with Gasteiger partial charge in [0.1, 0.15) is 5.82 Å². The van der Waals surface area contributed by atoms with Crippen LogP contribution in [0.4, 0.5) is 5.82 Å². The number of fused-ring (bicyclic) bond motifs is 1. The molecule has 0 atom stereocenters. The molecule has 0 unspecified atom stereocenters. The van der Waals surface area contributed by atoms with Crippen molar-refractivity contribution in [2.75, 3.05) is 37.7 Å². The highest BCUT2D eigenvalue weighted by Gasteiger charge is 2.30. The van der Waals surface area contributed by atoms with Gasteiger partial charge in [0.05, 0.1) is 28.8 Å². The third-order valence-electron chi connectivity index (χ3n) is 6.36. The molecule has 1 saturated carbocycles. The Kier molecular flexibility index (Phi) is 5.47. The van der Waals surface area contributed by atoms with Crippen LogP contribution in [0.25, 0.3) is 11.0 Å². The fourth-order valence-electron chi connectivity index (χ4n) is 4.44. The number of amides is 1. The minimum Gasteiger partial charge on any atom is -0.462 e. The first-order chi connectivity index (χ1) is 16.0. The Balaban J connectivity index is 1.32. The maximum atomic E-state index is 13.6. The zero-order valence-corrected chi connectivity index (χ0v) is 19.2. The summed E-state index contributed by atoms with van der Waals surface area (Å²) in [4.78, 5) is 38.7. The zero-order chi connectivity index (χ0) is 23.1.